The van der Waals surface area contributed by atoms with Crippen LogP contribution in [0.4, 0.5) is 0 Å². The number of hydrogen-bond acceptors (Lipinski definition) is 8. The average Bonchev–Trinajstić information content (AvgIpc) is 2.81. The van der Waals surface area contributed by atoms with Crippen LogP contribution in [0, 0.1) is 6.92 Å². The summed E-state index contributed by atoms with van der Waals surface area (Å²) in [6.45, 7) is 1.26. The van der Waals surface area contributed by atoms with Crippen LogP contribution in [0.2, 0.25) is 0 Å². The normalized spacial score (nSPS) is 25.1. The number of hydrogen-bond donors (Lipinski definition) is 2. The number of rotatable bonds is 8. The summed E-state index contributed by atoms with van der Waals surface area (Å²) in [6.07, 6.45) is -3.84. The van der Waals surface area contributed by atoms with Gasteiger partial charge in [0.2, 0.25) is 0 Å². The monoisotopic (exact) mass is 476 g/mol. The molecule has 0 saturated carbocycles. The molecule has 1 aliphatic heterocycles. The standard InChI is InChI=1S/C21H24N4O7S/c1-13-8-10-15(11-9-13)33(28,29)31-12-16-19(26)17(24-25-22)18(21(30-2)32-16)23-20(27)14-6-4-3-5-7-14/h3-11,16-19,21,26H,12H2,1-2H3,(H,23,27)/t16-,17-,18-,19+,21-/m1/s1. The number of nitrogens with zero attached hydrogens (tertiary/aromatic N) is 3. The first-order chi connectivity index (χ1) is 15.8. The summed E-state index contributed by atoms with van der Waals surface area (Å²) in [7, 11) is -2.82. The van der Waals surface area contributed by atoms with Gasteiger partial charge < -0.3 is 19.9 Å². The van der Waals surface area contributed by atoms with Crippen LogP contribution in [0.15, 0.2) is 64.6 Å². The number of methoxy groups -OCH3 is 1. The van der Waals surface area contributed by atoms with Crippen molar-refractivity contribution in [2.45, 2.75) is 42.4 Å². The molecule has 0 spiro atoms. The molecule has 33 heavy (non-hydrogen) atoms. The molecular weight excluding hydrogens is 452 g/mol. The predicted molar refractivity (Wildman–Crippen MR) is 117 cm³/mol. The van der Waals surface area contributed by atoms with E-state index < -0.39 is 53.2 Å². The second-order valence-electron chi connectivity index (χ2n) is 7.38. The fourth-order valence-corrected chi connectivity index (χ4v) is 4.30. The lowest BCUT2D eigenvalue weighted by atomic mass is 9.94. The van der Waals surface area contributed by atoms with Crippen LogP contribution in [0.1, 0.15) is 15.9 Å². The van der Waals surface area contributed by atoms with Gasteiger partial charge in [0.1, 0.15) is 6.10 Å². The van der Waals surface area contributed by atoms with Gasteiger partial charge >= 0.3 is 0 Å². The van der Waals surface area contributed by atoms with E-state index in [1.54, 1.807) is 42.5 Å². The third-order valence-electron chi connectivity index (χ3n) is 5.15. The molecule has 176 valence electrons. The smallest absolute Gasteiger partial charge is 0.297 e. The van der Waals surface area contributed by atoms with Crippen molar-refractivity contribution < 1.29 is 32.0 Å². The first-order valence-electron chi connectivity index (χ1n) is 9.99. The lowest BCUT2D eigenvalue weighted by Crippen LogP contribution is -2.64. The largest absolute Gasteiger partial charge is 0.390 e. The topological polar surface area (TPSA) is 160 Å². The number of carbonyl (C=O) groups is 1. The second-order valence-corrected chi connectivity index (χ2v) is 9.00. The first kappa shape index (κ1) is 24.6. The van der Waals surface area contributed by atoms with Crippen molar-refractivity contribution >= 4 is 16.0 Å². The van der Waals surface area contributed by atoms with Crippen molar-refractivity contribution in [2.75, 3.05) is 13.7 Å². The van der Waals surface area contributed by atoms with Crippen molar-refractivity contribution in [3.05, 3.63) is 76.2 Å². The molecule has 1 saturated heterocycles. The Hall–Kier alpha value is -2.99. The molecule has 11 nitrogen and oxygen atoms in total. The van der Waals surface area contributed by atoms with E-state index in [-0.39, 0.29) is 4.90 Å². The molecule has 1 aliphatic rings. The molecule has 0 aliphatic carbocycles. The molecule has 2 N–H and O–H groups in total. The molecule has 1 fully saturated rings. The third kappa shape index (κ3) is 5.88. The summed E-state index contributed by atoms with van der Waals surface area (Å²) in [4.78, 5) is 15.3. The lowest BCUT2D eigenvalue weighted by Gasteiger charge is -2.42. The molecule has 0 aromatic heterocycles. The Bertz CT molecular complexity index is 1110. The molecular formula is C21H24N4O7S. The van der Waals surface area contributed by atoms with E-state index in [0.717, 1.165) is 5.56 Å². The summed E-state index contributed by atoms with van der Waals surface area (Å²) in [5.74, 6) is -0.492. The number of nitrogens with one attached hydrogen (secondary N) is 1. The molecule has 0 unspecified atom stereocenters. The zero-order chi connectivity index (χ0) is 24.0. The highest BCUT2D eigenvalue weighted by Gasteiger charge is 2.46. The fraction of sp³-hybridized carbons (Fsp3) is 0.381. The Morgan fingerprint density at radius 3 is 2.48 bits per heavy atom. The number of amides is 1. The maximum absolute atomic E-state index is 12.6. The molecule has 2 aromatic carbocycles. The molecule has 0 bridgehead atoms. The molecule has 2 aromatic rings. The van der Waals surface area contributed by atoms with Crippen LogP contribution in [0.3, 0.4) is 0 Å². The Morgan fingerprint density at radius 2 is 1.88 bits per heavy atom. The van der Waals surface area contributed by atoms with E-state index in [9.17, 15) is 18.3 Å². The highest BCUT2D eigenvalue weighted by molar-refractivity contribution is 7.86. The minimum absolute atomic E-state index is 0.0544. The minimum Gasteiger partial charge on any atom is -0.390 e. The van der Waals surface area contributed by atoms with Crippen LogP contribution in [0.25, 0.3) is 10.4 Å². The van der Waals surface area contributed by atoms with Crippen molar-refractivity contribution in [2.24, 2.45) is 5.11 Å². The highest BCUT2D eigenvalue weighted by atomic mass is 32.2. The van der Waals surface area contributed by atoms with Crippen molar-refractivity contribution in [3.8, 4) is 0 Å². The van der Waals surface area contributed by atoms with Gasteiger partial charge in [0.05, 0.1) is 29.7 Å². The SMILES string of the molecule is CO[C@@H]1O[C@H](COS(=O)(=O)c2ccc(C)cc2)[C@H](O)[C@H](N=[N+]=[N-])[C@H]1NC(=O)c1ccccc1. The van der Waals surface area contributed by atoms with Crippen molar-refractivity contribution in [3.63, 3.8) is 0 Å². The van der Waals surface area contributed by atoms with E-state index >= 15 is 0 Å². The Kier molecular flexibility index (Phi) is 8.03. The molecule has 1 heterocycles. The van der Waals surface area contributed by atoms with Gasteiger partial charge in [-0.1, -0.05) is 41.0 Å². The maximum atomic E-state index is 12.6. The summed E-state index contributed by atoms with van der Waals surface area (Å²) >= 11 is 0. The highest BCUT2D eigenvalue weighted by Crippen LogP contribution is 2.26. The molecule has 12 heteroatoms. The molecule has 3 rings (SSSR count). The third-order valence-corrected chi connectivity index (χ3v) is 6.44. The van der Waals surface area contributed by atoms with Gasteiger partial charge in [0, 0.05) is 17.6 Å². The zero-order valence-electron chi connectivity index (χ0n) is 17.9. The molecule has 0 radical (unpaired) electrons. The molecule has 5 atom stereocenters. The van der Waals surface area contributed by atoms with Gasteiger partial charge in [-0.25, -0.2) is 0 Å². The number of carbonyl (C=O) groups excluding carboxylic acids is 1. The zero-order valence-corrected chi connectivity index (χ0v) is 18.8. The van der Waals surface area contributed by atoms with E-state index in [4.69, 9.17) is 19.2 Å². The van der Waals surface area contributed by atoms with E-state index in [1.807, 2.05) is 6.92 Å². The number of aliphatic hydroxyl groups excluding tert-OH is 1. The van der Waals surface area contributed by atoms with Gasteiger partial charge in [-0.05, 0) is 36.7 Å². The Labute approximate surface area is 191 Å². The number of ether oxygens (including phenoxy) is 2. The van der Waals surface area contributed by atoms with Crippen LogP contribution in [-0.2, 0) is 23.8 Å². The summed E-state index contributed by atoms with van der Waals surface area (Å²) in [6, 6.07) is 12.1. The number of aliphatic hydroxyl groups is 1. The van der Waals surface area contributed by atoms with Crippen molar-refractivity contribution in [1.82, 2.24) is 5.32 Å². The average molecular weight is 477 g/mol. The Balaban J connectivity index is 1.76. The predicted octanol–water partition coefficient (Wildman–Crippen LogP) is 1.91. The summed E-state index contributed by atoms with van der Waals surface area (Å²) < 4.78 is 41.0. The fourth-order valence-electron chi connectivity index (χ4n) is 3.38. The van der Waals surface area contributed by atoms with E-state index in [0.29, 0.717) is 5.56 Å². The van der Waals surface area contributed by atoms with Crippen LogP contribution >= 0.6 is 0 Å². The van der Waals surface area contributed by atoms with Gasteiger partial charge in [0.15, 0.2) is 6.29 Å². The van der Waals surface area contributed by atoms with E-state index in [1.165, 1.54) is 19.2 Å². The van der Waals surface area contributed by atoms with Crippen LogP contribution in [0.5, 0.6) is 0 Å². The molecule has 1 amide bonds. The Morgan fingerprint density at radius 1 is 1.21 bits per heavy atom. The van der Waals surface area contributed by atoms with Gasteiger partial charge in [-0.2, -0.15) is 8.42 Å². The van der Waals surface area contributed by atoms with Gasteiger partial charge in [-0.15, -0.1) is 0 Å². The lowest BCUT2D eigenvalue weighted by molar-refractivity contribution is -0.234. The summed E-state index contributed by atoms with van der Waals surface area (Å²) in [5, 5.41) is 17.0. The second kappa shape index (κ2) is 10.8. The minimum atomic E-state index is -4.13. The first-order valence-corrected chi connectivity index (χ1v) is 11.4. The number of benzene rings is 2. The summed E-state index contributed by atoms with van der Waals surface area (Å²) in [5.41, 5.74) is 10.2. The van der Waals surface area contributed by atoms with Gasteiger partial charge in [0.25, 0.3) is 16.0 Å². The van der Waals surface area contributed by atoms with E-state index in [2.05, 4.69) is 15.3 Å². The number of azide groups is 1. The quantitative estimate of drug-likeness (QED) is 0.255. The van der Waals surface area contributed by atoms with Crippen LogP contribution < -0.4 is 5.32 Å². The van der Waals surface area contributed by atoms with Crippen LogP contribution in [-0.4, -0.2) is 63.7 Å². The number of aryl methyl sites for hydroxylation is 1. The van der Waals surface area contributed by atoms with Gasteiger partial charge in [-0.3, -0.25) is 8.98 Å². The maximum Gasteiger partial charge on any atom is 0.297 e. The van der Waals surface area contributed by atoms with Crippen molar-refractivity contribution in [1.29, 1.82) is 0 Å².